The molecule has 92 valence electrons. The Hall–Kier alpha value is -0.860. The number of fused-ring (bicyclic) bond motifs is 1. The van der Waals surface area contributed by atoms with Crippen molar-refractivity contribution in [2.75, 3.05) is 7.05 Å². The van der Waals surface area contributed by atoms with Crippen molar-refractivity contribution in [3.05, 3.63) is 35.2 Å². The molecule has 0 radical (unpaired) electrons. The smallest absolute Gasteiger partial charge is 0.0346 e. The number of thiophene rings is 1. The molecule has 2 aromatic rings. The van der Waals surface area contributed by atoms with Gasteiger partial charge in [0, 0.05) is 10.7 Å². The van der Waals surface area contributed by atoms with E-state index in [-0.39, 0.29) is 0 Å². The van der Waals surface area contributed by atoms with E-state index in [1.807, 2.05) is 11.3 Å². The topological polar surface area (TPSA) is 12.0 Å². The summed E-state index contributed by atoms with van der Waals surface area (Å²) >= 11 is 1.86. The molecule has 1 aromatic carbocycles. The monoisotopic (exact) mass is 247 g/mol. The maximum Gasteiger partial charge on any atom is 0.0346 e. The SMILES string of the molecule is CCCCCC(NC)c1csc2ccccc12. The van der Waals surface area contributed by atoms with E-state index in [9.17, 15) is 0 Å². The molecule has 1 N–H and O–H groups in total. The van der Waals surface area contributed by atoms with E-state index in [0.29, 0.717) is 6.04 Å². The van der Waals surface area contributed by atoms with Gasteiger partial charge in [0.15, 0.2) is 0 Å². The van der Waals surface area contributed by atoms with Crippen LogP contribution in [-0.4, -0.2) is 7.05 Å². The fourth-order valence-electron chi connectivity index (χ4n) is 2.32. The minimum absolute atomic E-state index is 0.512. The van der Waals surface area contributed by atoms with Gasteiger partial charge in [0.1, 0.15) is 0 Å². The van der Waals surface area contributed by atoms with Crippen molar-refractivity contribution >= 4 is 21.4 Å². The van der Waals surface area contributed by atoms with E-state index in [2.05, 4.69) is 48.9 Å². The quantitative estimate of drug-likeness (QED) is 0.727. The molecule has 0 aliphatic rings. The Labute approximate surface area is 108 Å². The molecule has 1 aromatic heterocycles. The summed E-state index contributed by atoms with van der Waals surface area (Å²) in [7, 11) is 2.07. The first kappa shape index (κ1) is 12.6. The highest BCUT2D eigenvalue weighted by Gasteiger charge is 2.13. The number of unbranched alkanes of at least 4 members (excludes halogenated alkanes) is 2. The molecule has 0 saturated heterocycles. The fraction of sp³-hybridized carbons (Fsp3) is 0.467. The summed E-state index contributed by atoms with van der Waals surface area (Å²) < 4.78 is 1.40. The van der Waals surface area contributed by atoms with Gasteiger partial charge in [-0.1, -0.05) is 44.4 Å². The van der Waals surface area contributed by atoms with Crippen molar-refractivity contribution in [2.45, 2.75) is 38.6 Å². The van der Waals surface area contributed by atoms with Gasteiger partial charge < -0.3 is 5.32 Å². The van der Waals surface area contributed by atoms with Gasteiger partial charge in [-0.15, -0.1) is 11.3 Å². The summed E-state index contributed by atoms with van der Waals surface area (Å²) in [6, 6.07) is 9.22. The predicted octanol–water partition coefficient (Wildman–Crippen LogP) is 4.74. The van der Waals surface area contributed by atoms with Crippen molar-refractivity contribution in [2.24, 2.45) is 0 Å². The van der Waals surface area contributed by atoms with Crippen molar-refractivity contribution in [1.82, 2.24) is 5.32 Å². The van der Waals surface area contributed by atoms with Crippen LogP contribution in [0.4, 0.5) is 0 Å². The van der Waals surface area contributed by atoms with Crippen LogP contribution < -0.4 is 5.32 Å². The third-order valence-corrected chi connectivity index (χ3v) is 4.31. The first-order chi connectivity index (χ1) is 8.36. The Morgan fingerprint density at radius 1 is 1.24 bits per heavy atom. The van der Waals surface area contributed by atoms with E-state index in [1.54, 1.807) is 0 Å². The summed E-state index contributed by atoms with van der Waals surface area (Å²) in [4.78, 5) is 0. The summed E-state index contributed by atoms with van der Waals surface area (Å²) in [5.41, 5.74) is 1.48. The maximum absolute atomic E-state index is 3.46. The number of hydrogen-bond acceptors (Lipinski definition) is 2. The maximum atomic E-state index is 3.46. The van der Waals surface area contributed by atoms with E-state index >= 15 is 0 Å². The van der Waals surface area contributed by atoms with Crippen LogP contribution in [0.15, 0.2) is 29.6 Å². The molecule has 1 atom stereocenters. The van der Waals surface area contributed by atoms with Crippen LogP contribution >= 0.6 is 11.3 Å². The highest BCUT2D eigenvalue weighted by atomic mass is 32.1. The molecule has 0 bridgehead atoms. The van der Waals surface area contributed by atoms with Gasteiger partial charge in [-0.2, -0.15) is 0 Å². The molecule has 2 heteroatoms. The summed E-state index contributed by atoms with van der Waals surface area (Å²) in [6.45, 7) is 2.26. The van der Waals surface area contributed by atoms with Crippen LogP contribution in [0.1, 0.15) is 44.2 Å². The van der Waals surface area contributed by atoms with Gasteiger partial charge in [0.25, 0.3) is 0 Å². The number of rotatable bonds is 6. The lowest BCUT2D eigenvalue weighted by Crippen LogP contribution is -2.15. The van der Waals surface area contributed by atoms with Crippen molar-refractivity contribution in [3.8, 4) is 0 Å². The number of hydrogen-bond donors (Lipinski definition) is 1. The van der Waals surface area contributed by atoms with E-state index < -0.39 is 0 Å². The van der Waals surface area contributed by atoms with E-state index in [4.69, 9.17) is 0 Å². The lowest BCUT2D eigenvalue weighted by Gasteiger charge is -2.15. The van der Waals surface area contributed by atoms with Gasteiger partial charge in [-0.3, -0.25) is 0 Å². The molecule has 1 heterocycles. The Morgan fingerprint density at radius 2 is 2.06 bits per heavy atom. The molecule has 1 unspecified atom stereocenters. The fourth-order valence-corrected chi connectivity index (χ4v) is 3.34. The van der Waals surface area contributed by atoms with Crippen molar-refractivity contribution in [3.63, 3.8) is 0 Å². The summed E-state index contributed by atoms with van der Waals surface area (Å²) in [5.74, 6) is 0. The molecular weight excluding hydrogens is 226 g/mol. The highest BCUT2D eigenvalue weighted by molar-refractivity contribution is 7.17. The second kappa shape index (κ2) is 6.18. The molecule has 0 fully saturated rings. The normalized spacial score (nSPS) is 13.1. The van der Waals surface area contributed by atoms with Crippen LogP contribution in [0.2, 0.25) is 0 Å². The lowest BCUT2D eigenvalue weighted by atomic mass is 10.00. The van der Waals surface area contributed by atoms with Gasteiger partial charge in [0.2, 0.25) is 0 Å². The first-order valence-electron chi connectivity index (χ1n) is 6.50. The molecule has 0 aliphatic carbocycles. The van der Waals surface area contributed by atoms with Crippen LogP contribution in [0, 0.1) is 0 Å². The van der Waals surface area contributed by atoms with Gasteiger partial charge in [-0.25, -0.2) is 0 Å². The second-order valence-corrected chi connectivity index (χ2v) is 5.44. The zero-order valence-corrected chi connectivity index (χ0v) is 11.5. The van der Waals surface area contributed by atoms with Crippen molar-refractivity contribution < 1.29 is 0 Å². The number of benzene rings is 1. The van der Waals surface area contributed by atoms with Gasteiger partial charge >= 0.3 is 0 Å². The van der Waals surface area contributed by atoms with Gasteiger partial charge in [0.05, 0.1) is 0 Å². The largest absolute Gasteiger partial charge is 0.313 e. The molecule has 1 nitrogen and oxygen atoms in total. The highest BCUT2D eigenvalue weighted by Crippen LogP contribution is 2.32. The zero-order valence-electron chi connectivity index (χ0n) is 10.7. The average molecular weight is 247 g/mol. The van der Waals surface area contributed by atoms with Crippen LogP contribution in [0.3, 0.4) is 0 Å². The Kier molecular flexibility index (Phi) is 4.57. The standard InChI is InChI=1S/C15H21NS/c1-3-4-5-9-14(16-2)13-11-17-15-10-7-6-8-12(13)15/h6-8,10-11,14,16H,3-5,9H2,1-2H3. The molecule has 0 aliphatic heterocycles. The van der Waals surface area contributed by atoms with Crippen LogP contribution in [0.25, 0.3) is 10.1 Å². The minimum Gasteiger partial charge on any atom is -0.313 e. The molecule has 0 spiro atoms. The predicted molar refractivity (Wildman–Crippen MR) is 77.8 cm³/mol. The average Bonchev–Trinajstić information content (AvgIpc) is 2.79. The molecule has 0 saturated carbocycles. The third-order valence-electron chi connectivity index (χ3n) is 3.33. The molecular formula is C15H21NS. The molecule has 17 heavy (non-hydrogen) atoms. The zero-order chi connectivity index (χ0) is 12.1. The van der Waals surface area contributed by atoms with Crippen LogP contribution in [0.5, 0.6) is 0 Å². The first-order valence-corrected chi connectivity index (χ1v) is 7.38. The molecule has 0 amide bonds. The Balaban J connectivity index is 2.18. The van der Waals surface area contributed by atoms with E-state index in [0.717, 1.165) is 0 Å². The van der Waals surface area contributed by atoms with E-state index in [1.165, 1.54) is 41.3 Å². The summed E-state index contributed by atoms with van der Waals surface area (Å²) in [6.07, 6.45) is 5.18. The lowest BCUT2D eigenvalue weighted by molar-refractivity contribution is 0.515. The Morgan fingerprint density at radius 3 is 2.82 bits per heavy atom. The minimum atomic E-state index is 0.512. The Bertz CT molecular complexity index is 461. The summed E-state index contributed by atoms with van der Waals surface area (Å²) in [5, 5.41) is 7.20. The second-order valence-electron chi connectivity index (χ2n) is 4.52. The van der Waals surface area contributed by atoms with Crippen LogP contribution in [-0.2, 0) is 0 Å². The number of nitrogens with one attached hydrogen (secondary N) is 1. The van der Waals surface area contributed by atoms with Gasteiger partial charge in [-0.05, 0) is 35.9 Å². The van der Waals surface area contributed by atoms with Crippen molar-refractivity contribution in [1.29, 1.82) is 0 Å². The third kappa shape index (κ3) is 2.88. The molecule has 2 rings (SSSR count).